The monoisotopic (exact) mass is 347 g/mol. The van der Waals surface area contributed by atoms with Crippen molar-refractivity contribution in [2.75, 3.05) is 25.0 Å². The van der Waals surface area contributed by atoms with E-state index in [0.717, 1.165) is 29.8 Å². The fraction of sp³-hybridized carbons (Fsp3) is 0.353. The molecule has 0 amide bonds. The molecule has 1 aromatic carbocycles. The van der Waals surface area contributed by atoms with E-state index in [1.807, 2.05) is 18.5 Å². The lowest BCUT2D eigenvalue weighted by Gasteiger charge is -2.30. The Kier molecular flexibility index (Phi) is 6.21. The summed E-state index contributed by atoms with van der Waals surface area (Å²) < 4.78 is 0.997. The van der Waals surface area contributed by atoms with Crippen LogP contribution < -0.4 is 5.32 Å². The zero-order chi connectivity index (χ0) is 15.1. The van der Waals surface area contributed by atoms with E-state index in [1.165, 1.54) is 5.56 Å². The van der Waals surface area contributed by atoms with Gasteiger partial charge in [-0.1, -0.05) is 44.2 Å². The third-order valence-corrected chi connectivity index (χ3v) is 4.33. The van der Waals surface area contributed by atoms with Crippen LogP contribution >= 0.6 is 15.9 Å². The van der Waals surface area contributed by atoms with E-state index >= 15 is 0 Å². The Morgan fingerprint density at radius 3 is 2.48 bits per heavy atom. The van der Waals surface area contributed by atoms with Gasteiger partial charge in [0, 0.05) is 18.9 Å². The standard InChI is InChI=1S/C17H22BrN3/c1-3-21(4-2)17(14-8-6-5-7-9-14)13-20-16-10-11-19-12-15(16)18/h5-12,17H,3-4,13H2,1-2H3,(H,19,20). The molecule has 4 heteroatoms. The van der Waals surface area contributed by atoms with Crippen molar-refractivity contribution in [1.82, 2.24) is 9.88 Å². The molecule has 1 unspecified atom stereocenters. The van der Waals surface area contributed by atoms with Gasteiger partial charge in [-0.15, -0.1) is 0 Å². The van der Waals surface area contributed by atoms with Gasteiger partial charge in [0.15, 0.2) is 0 Å². The van der Waals surface area contributed by atoms with Gasteiger partial charge in [-0.05, 0) is 40.6 Å². The van der Waals surface area contributed by atoms with Gasteiger partial charge in [0.2, 0.25) is 0 Å². The van der Waals surface area contributed by atoms with Crippen LogP contribution in [0.4, 0.5) is 5.69 Å². The Bertz CT molecular complexity index is 541. The minimum atomic E-state index is 0.362. The number of benzene rings is 1. The molecule has 2 rings (SSSR count). The first-order chi connectivity index (χ1) is 10.3. The molecule has 0 aliphatic rings. The maximum atomic E-state index is 4.10. The van der Waals surface area contributed by atoms with Crippen molar-refractivity contribution < 1.29 is 0 Å². The van der Waals surface area contributed by atoms with Crippen molar-refractivity contribution in [1.29, 1.82) is 0 Å². The highest BCUT2D eigenvalue weighted by Gasteiger charge is 2.17. The normalized spacial score (nSPS) is 12.4. The molecule has 3 nitrogen and oxygen atoms in total. The van der Waals surface area contributed by atoms with Gasteiger partial charge in [-0.2, -0.15) is 0 Å². The minimum absolute atomic E-state index is 0.362. The molecular weight excluding hydrogens is 326 g/mol. The van der Waals surface area contributed by atoms with Crippen LogP contribution in [0, 0.1) is 0 Å². The number of likely N-dealkylation sites (N-methyl/N-ethyl adjacent to an activating group) is 1. The summed E-state index contributed by atoms with van der Waals surface area (Å²) in [6.07, 6.45) is 3.62. The summed E-state index contributed by atoms with van der Waals surface area (Å²) in [5, 5.41) is 3.53. The number of halogens is 1. The number of nitrogens with one attached hydrogen (secondary N) is 1. The number of hydrogen-bond acceptors (Lipinski definition) is 3. The van der Waals surface area contributed by atoms with E-state index < -0.39 is 0 Å². The van der Waals surface area contributed by atoms with Crippen LogP contribution in [-0.4, -0.2) is 29.5 Å². The van der Waals surface area contributed by atoms with Crippen LogP contribution in [0.25, 0.3) is 0 Å². The molecule has 0 radical (unpaired) electrons. The van der Waals surface area contributed by atoms with Crippen LogP contribution in [0.1, 0.15) is 25.5 Å². The largest absolute Gasteiger partial charge is 0.382 e. The van der Waals surface area contributed by atoms with E-state index in [1.54, 1.807) is 0 Å². The second-order valence-corrected chi connectivity index (χ2v) is 5.74. The number of hydrogen-bond donors (Lipinski definition) is 1. The van der Waals surface area contributed by atoms with Crippen LogP contribution in [-0.2, 0) is 0 Å². The molecule has 0 aliphatic carbocycles. The van der Waals surface area contributed by atoms with Crippen molar-refractivity contribution in [3.8, 4) is 0 Å². The lowest BCUT2D eigenvalue weighted by molar-refractivity contribution is 0.228. The molecule has 112 valence electrons. The van der Waals surface area contributed by atoms with Crippen LogP contribution in [0.15, 0.2) is 53.3 Å². The Balaban J connectivity index is 2.15. The fourth-order valence-corrected chi connectivity index (χ4v) is 2.91. The first-order valence-electron chi connectivity index (χ1n) is 7.38. The van der Waals surface area contributed by atoms with Gasteiger partial charge in [-0.25, -0.2) is 0 Å². The molecule has 0 spiro atoms. The average molecular weight is 348 g/mol. The topological polar surface area (TPSA) is 28.2 Å². The van der Waals surface area contributed by atoms with E-state index in [9.17, 15) is 0 Å². The summed E-state index contributed by atoms with van der Waals surface area (Å²) in [5.41, 5.74) is 2.43. The molecule has 1 aromatic heterocycles. The smallest absolute Gasteiger partial charge is 0.0590 e. The molecule has 0 fully saturated rings. The SMILES string of the molecule is CCN(CC)C(CNc1ccncc1Br)c1ccccc1. The molecule has 0 bridgehead atoms. The highest BCUT2D eigenvalue weighted by molar-refractivity contribution is 9.10. The lowest BCUT2D eigenvalue weighted by atomic mass is 10.0. The predicted octanol–water partition coefficient (Wildman–Crippen LogP) is 4.34. The average Bonchev–Trinajstić information content (AvgIpc) is 2.54. The third-order valence-electron chi connectivity index (χ3n) is 3.70. The van der Waals surface area contributed by atoms with Gasteiger partial charge in [0.25, 0.3) is 0 Å². The van der Waals surface area contributed by atoms with Crippen molar-refractivity contribution >= 4 is 21.6 Å². The summed E-state index contributed by atoms with van der Waals surface area (Å²) in [6.45, 7) is 7.36. The highest BCUT2D eigenvalue weighted by Crippen LogP contribution is 2.24. The number of pyridine rings is 1. The Morgan fingerprint density at radius 2 is 1.86 bits per heavy atom. The van der Waals surface area contributed by atoms with Crippen molar-refractivity contribution in [3.63, 3.8) is 0 Å². The summed E-state index contributed by atoms with van der Waals surface area (Å²) >= 11 is 3.54. The van der Waals surface area contributed by atoms with Crippen molar-refractivity contribution in [2.24, 2.45) is 0 Å². The van der Waals surface area contributed by atoms with Gasteiger partial charge in [0.1, 0.15) is 0 Å². The van der Waals surface area contributed by atoms with E-state index in [2.05, 4.69) is 75.3 Å². The Morgan fingerprint density at radius 1 is 1.14 bits per heavy atom. The molecule has 0 saturated heterocycles. The van der Waals surface area contributed by atoms with Crippen molar-refractivity contribution in [3.05, 3.63) is 58.8 Å². The van der Waals surface area contributed by atoms with E-state index in [-0.39, 0.29) is 0 Å². The highest BCUT2D eigenvalue weighted by atomic mass is 79.9. The second-order valence-electron chi connectivity index (χ2n) is 4.88. The molecule has 0 saturated carbocycles. The zero-order valence-corrected chi connectivity index (χ0v) is 14.2. The lowest BCUT2D eigenvalue weighted by Crippen LogP contribution is -2.33. The maximum absolute atomic E-state index is 4.10. The molecule has 21 heavy (non-hydrogen) atoms. The zero-order valence-electron chi connectivity index (χ0n) is 12.6. The number of rotatable bonds is 7. The number of aromatic nitrogens is 1. The van der Waals surface area contributed by atoms with E-state index in [0.29, 0.717) is 6.04 Å². The van der Waals surface area contributed by atoms with Crippen molar-refractivity contribution in [2.45, 2.75) is 19.9 Å². The van der Waals surface area contributed by atoms with Gasteiger partial charge in [0.05, 0.1) is 16.2 Å². The van der Waals surface area contributed by atoms with Gasteiger partial charge < -0.3 is 5.32 Å². The molecule has 2 aromatic rings. The molecule has 1 N–H and O–H groups in total. The summed E-state index contributed by atoms with van der Waals surface area (Å²) in [6, 6.07) is 13.0. The first-order valence-corrected chi connectivity index (χ1v) is 8.18. The summed E-state index contributed by atoms with van der Waals surface area (Å²) in [5.74, 6) is 0. The van der Waals surface area contributed by atoms with Crippen LogP contribution in [0.2, 0.25) is 0 Å². The molecule has 1 atom stereocenters. The predicted molar refractivity (Wildman–Crippen MR) is 92.5 cm³/mol. The molecule has 0 aliphatic heterocycles. The Labute approximate surface area is 135 Å². The van der Waals surface area contributed by atoms with Crippen LogP contribution in [0.3, 0.4) is 0 Å². The van der Waals surface area contributed by atoms with Gasteiger partial charge >= 0.3 is 0 Å². The van der Waals surface area contributed by atoms with Gasteiger partial charge in [-0.3, -0.25) is 9.88 Å². The minimum Gasteiger partial charge on any atom is -0.382 e. The van der Waals surface area contributed by atoms with E-state index in [4.69, 9.17) is 0 Å². The molecular formula is C17H22BrN3. The summed E-state index contributed by atoms with van der Waals surface area (Å²) in [4.78, 5) is 6.57. The fourth-order valence-electron chi connectivity index (χ4n) is 2.52. The maximum Gasteiger partial charge on any atom is 0.0590 e. The molecule has 1 heterocycles. The quantitative estimate of drug-likeness (QED) is 0.807. The first kappa shape index (κ1) is 16.0. The number of anilines is 1. The van der Waals surface area contributed by atoms with Crippen LogP contribution in [0.5, 0.6) is 0 Å². The third kappa shape index (κ3) is 4.29. The number of nitrogens with zero attached hydrogens (tertiary/aromatic N) is 2. The second kappa shape index (κ2) is 8.15. The summed E-state index contributed by atoms with van der Waals surface area (Å²) in [7, 11) is 0. The Hall–Kier alpha value is -1.39.